The Morgan fingerprint density at radius 3 is 2.30 bits per heavy atom. The van der Waals surface area contributed by atoms with Crippen molar-refractivity contribution in [2.75, 3.05) is 14.1 Å². The number of amides is 3. The molecule has 0 aromatic heterocycles. The van der Waals surface area contributed by atoms with Gasteiger partial charge in [0.2, 0.25) is 5.91 Å². The molecule has 0 spiro atoms. The topological polar surface area (TPSA) is 61.4 Å². The molecular weight excluding hydrogens is 338 g/mol. The van der Waals surface area contributed by atoms with Gasteiger partial charge in [-0.05, 0) is 35.0 Å². The highest BCUT2D eigenvalue weighted by molar-refractivity contribution is 5.97. The second kappa shape index (κ2) is 8.47. The maximum Gasteiger partial charge on any atom is 0.321 e. The van der Waals surface area contributed by atoms with Crippen LogP contribution < -0.4 is 10.6 Å². The smallest absolute Gasteiger partial charge is 0.321 e. The van der Waals surface area contributed by atoms with Gasteiger partial charge < -0.3 is 5.32 Å². The molecule has 0 fully saturated rings. The third-order valence-corrected chi connectivity index (χ3v) is 4.51. The van der Waals surface area contributed by atoms with Crippen LogP contribution >= 0.6 is 0 Å². The molecule has 0 aliphatic heterocycles. The minimum atomic E-state index is -0.574. The van der Waals surface area contributed by atoms with Crippen LogP contribution in [-0.4, -0.2) is 30.9 Å². The van der Waals surface area contributed by atoms with Crippen molar-refractivity contribution in [1.29, 1.82) is 0 Å². The van der Waals surface area contributed by atoms with Crippen LogP contribution in [0.2, 0.25) is 0 Å². The van der Waals surface area contributed by atoms with Crippen molar-refractivity contribution in [3.63, 3.8) is 0 Å². The van der Waals surface area contributed by atoms with E-state index in [9.17, 15) is 9.59 Å². The number of nitrogens with one attached hydrogen (secondary N) is 2. The lowest BCUT2D eigenvalue weighted by Crippen LogP contribution is -2.44. The van der Waals surface area contributed by atoms with Gasteiger partial charge in [0, 0.05) is 13.6 Å². The van der Waals surface area contributed by atoms with E-state index in [2.05, 4.69) is 41.0 Å². The third-order valence-electron chi connectivity index (χ3n) is 4.51. The summed E-state index contributed by atoms with van der Waals surface area (Å²) in [6, 6.07) is 22.8. The normalized spacial score (nSPS) is 12.0. The SMILES string of the molecule is CNC(=O)NC(=O)[C@@H](c1ccccc1)N(C)Cc1ccc2ccccc2c1. The van der Waals surface area contributed by atoms with Gasteiger partial charge in [0.05, 0.1) is 0 Å². The molecule has 1 atom stereocenters. The predicted molar refractivity (Wildman–Crippen MR) is 107 cm³/mol. The maximum atomic E-state index is 12.7. The number of hydrogen-bond donors (Lipinski definition) is 2. The molecule has 3 rings (SSSR count). The Morgan fingerprint density at radius 2 is 1.59 bits per heavy atom. The number of fused-ring (bicyclic) bond motifs is 1. The molecule has 3 aromatic rings. The molecule has 5 heteroatoms. The number of hydrogen-bond acceptors (Lipinski definition) is 3. The summed E-state index contributed by atoms with van der Waals surface area (Å²) < 4.78 is 0. The summed E-state index contributed by atoms with van der Waals surface area (Å²) >= 11 is 0. The predicted octanol–water partition coefficient (Wildman–Crippen LogP) is 3.47. The highest BCUT2D eigenvalue weighted by Gasteiger charge is 2.26. The van der Waals surface area contributed by atoms with E-state index in [0.29, 0.717) is 6.54 Å². The fourth-order valence-corrected chi connectivity index (χ4v) is 3.20. The van der Waals surface area contributed by atoms with Gasteiger partial charge in [0.1, 0.15) is 6.04 Å². The van der Waals surface area contributed by atoms with Crippen LogP contribution in [0.25, 0.3) is 10.8 Å². The first-order valence-electron chi connectivity index (χ1n) is 8.84. The molecule has 2 N–H and O–H groups in total. The van der Waals surface area contributed by atoms with Crippen LogP contribution in [0.1, 0.15) is 17.2 Å². The van der Waals surface area contributed by atoms with Gasteiger partial charge in [0.15, 0.2) is 0 Å². The van der Waals surface area contributed by atoms with Crippen LogP contribution in [0.4, 0.5) is 4.79 Å². The Hall–Kier alpha value is -3.18. The number of carbonyl (C=O) groups is 2. The van der Waals surface area contributed by atoms with E-state index >= 15 is 0 Å². The number of likely N-dealkylation sites (N-methyl/N-ethyl adjacent to an activating group) is 1. The van der Waals surface area contributed by atoms with Crippen LogP contribution in [0, 0.1) is 0 Å². The van der Waals surface area contributed by atoms with E-state index in [-0.39, 0.29) is 5.91 Å². The van der Waals surface area contributed by atoms with E-state index in [1.54, 1.807) is 0 Å². The van der Waals surface area contributed by atoms with Crippen molar-refractivity contribution in [2.24, 2.45) is 0 Å². The minimum absolute atomic E-state index is 0.358. The molecule has 0 aliphatic carbocycles. The number of nitrogens with zero attached hydrogens (tertiary/aromatic N) is 1. The van der Waals surface area contributed by atoms with E-state index in [4.69, 9.17) is 0 Å². The fraction of sp³-hybridized carbons (Fsp3) is 0.182. The van der Waals surface area contributed by atoms with Crippen molar-refractivity contribution in [2.45, 2.75) is 12.6 Å². The van der Waals surface area contributed by atoms with Crippen molar-refractivity contribution in [1.82, 2.24) is 15.5 Å². The van der Waals surface area contributed by atoms with Gasteiger partial charge in [-0.1, -0.05) is 66.7 Å². The number of rotatable bonds is 5. The Balaban J connectivity index is 1.86. The molecule has 0 heterocycles. The molecule has 0 saturated carbocycles. The molecule has 0 saturated heterocycles. The second-order valence-corrected chi connectivity index (χ2v) is 6.48. The Morgan fingerprint density at radius 1 is 0.926 bits per heavy atom. The summed E-state index contributed by atoms with van der Waals surface area (Å²) in [6.07, 6.45) is 0. The first kappa shape index (κ1) is 18.6. The van der Waals surface area contributed by atoms with Crippen LogP contribution in [0.15, 0.2) is 72.8 Å². The van der Waals surface area contributed by atoms with Crippen LogP contribution in [0.3, 0.4) is 0 Å². The maximum absolute atomic E-state index is 12.7. The number of urea groups is 1. The number of imide groups is 1. The summed E-state index contributed by atoms with van der Waals surface area (Å²) in [4.78, 5) is 26.3. The van der Waals surface area contributed by atoms with Gasteiger partial charge in [-0.15, -0.1) is 0 Å². The molecule has 0 bridgehead atoms. The van der Waals surface area contributed by atoms with E-state index in [1.807, 2.05) is 54.4 Å². The third kappa shape index (κ3) is 4.51. The van der Waals surface area contributed by atoms with Crippen molar-refractivity contribution < 1.29 is 9.59 Å². The molecule has 27 heavy (non-hydrogen) atoms. The summed E-state index contributed by atoms with van der Waals surface area (Å²) in [7, 11) is 3.37. The summed E-state index contributed by atoms with van der Waals surface area (Å²) in [5.41, 5.74) is 1.94. The van der Waals surface area contributed by atoms with Gasteiger partial charge in [-0.2, -0.15) is 0 Å². The first-order valence-corrected chi connectivity index (χ1v) is 8.84. The second-order valence-electron chi connectivity index (χ2n) is 6.48. The molecular formula is C22H23N3O2. The molecule has 0 aliphatic rings. The molecule has 138 valence electrons. The first-order chi connectivity index (χ1) is 13.1. The standard InChI is InChI=1S/C22H23N3O2/c1-23-22(27)24-21(26)20(18-9-4-3-5-10-18)25(2)15-16-12-13-17-8-6-7-11-19(17)14-16/h3-14,20H,15H2,1-2H3,(H2,23,24,26,27)/t20-/m1/s1. The summed E-state index contributed by atoms with van der Waals surface area (Å²) in [6.45, 7) is 0.575. The molecule has 5 nitrogen and oxygen atoms in total. The van der Waals surface area contributed by atoms with Crippen molar-refractivity contribution >= 4 is 22.7 Å². The van der Waals surface area contributed by atoms with Crippen molar-refractivity contribution in [3.05, 3.63) is 83.9 Å². The van der Waals surface area contributed by atoms with Crippen molar-refractivity contribution in [3.8, 4) is 0 Å². The lowest BCUT2D eigenvalue weighted by Gasteiger charge is -2.27. The zero-order valence-electron chi connectivity index (χ0n) is 15.5. The Bertz CT molecular complexity index is 940. The lowest BCUT2D eigenvalue weighted by atomic mass is 10.0. The minimum Gasteiger partial charge on any atom is -0.341 e. The Labute approximate surface area is 159 Å². The van der Waals surface area contributed by atoms with E-state index < -0.39 is 12.1 Å². The van der Waals surface area contributed by atoms with Gasteiger partial charge >= 0.3 is 6.03 Å². The number of benzene rings is 3. The van der Waals surface area contributed by atoms with Crippen LogP contribution in [0.5, 0.6) is 0 Å². The zero-order valence-corrected chi connectivity index (χ0v) is 15.5. The van der Waals surface area contributed by atoms with E-state index in [0.717, 1.165) is 16.5 Å². The zero-order chi connectivity index (χ0) is 19.2. The highest BCUT2D eigenvalue weighted by atomic mass is 16.2. The summed E-state index contributed by atoms with van der Waals surface area (Å²) in [5, 5.41) is 7.16. The molecule has 3 amide bonds. The van der Waals surface area contributed by atoms with Gasteiger partial charge in [0.25, 0.3) is 0 Å². The fourth-order valence-electron chi connectivity index (χ4n) is 3.20. The lowest BCUT2D eigenvalue weighted by molar-refractivity contribution is -0.125. The molecule has 3 aromatic carbocycles. The van der Waals surface area contributed by atoms with Gasteiger partial charge in [-0.3, -0.25) is 15.0 Å². The quantitative estimate of drug-likeness (QED) is 0.731. The molecule has 0 unspecified atom stereocenters. The molecule has 0 radical (unpaired) electrons. The Kier molecular flexibility index (Phi) is 5.84. The monoisotopic (exact) mass is 361 g/mol. The van der Waals surface area contributed by atoms with Crippen LogP contribution in [-0.2, 0) is 11.3 Å². The van der Waals surface area contributed by atoms with E-state index in [1.165, 1.54) is 12.4 Å². The average Bonchev–Trinajstić information content (AvgIpc) is 2.68. The summed E-state index contributed by atoms with van der Waals surface area (Å²) in [5.74, 6) is -0.358. The van der Waals surface area contributed by atoms with Gasteiger partial charge in [-0.25, -0.2) is 4.79 Å². The average molecular weight is 361 g/mol. The highest BCUT2D eigenvalue weighted by Crippen LogP contribution is 2.23. The largest absolute Gasteiger partial charge is 0.341 e. The number of carbonyl (C=O) groups excluding carboxylic acids is 2.